The average molecular weight is 497 g/mol. The molecule has 3 heteroatoms. The van der Waals surface area contributed by atoms with E-state index in [-0.39, 0.29) is 12.1 Å². The van der Waals surface area contributed by atoms with Crippen LogP contribution in [0, 0.1) is 13.8 Å². The molecule has 5 aromatic rings. The van der Waals surface area contributed by atoms with Gasteiger partial charge in [-0.1, -0.05) is 115 Å². The van der Waals surface area contributed by atoms with Gasteiger partial charge in [0.1, 0.15) is 5.75 Å². The Balaban J connectivity index is 1.60. The lowest BCUT2D eigenvalue weighted by Crippen LogP contribution is -2.27. The van der Waals surface area contributed by atoms with Crippen LogP contribution in [0.5, 0.6) is 5.75 Å². The second-order valence-corrected chi connectivity index (χ2v) is 10.1. The van der Waals surface area contributed by atoms with E-state index in [1.165, 1.54) is 27.9 Å². The molecule has 1 N–H and O–H groups in total. The predicted octanol–water partition coefficient (Wildman–Crippen LogP) is 8.44. The number of phenolic OH excluding ortho intramolecular Hbond substituents is 1. The fourth-order valence-corrected chi connectivity index (χ4v) is 6.05. The molecule has 0 amide bonds. The highest BCUT2D eigenvalue weighted by molar-refractivity contribution is 5.83. The van der Waals surface area contributed by atoms with Crippen LogP contribution in [0.15, 0.2) is 127 Å². The van der Waals surface area contributed by atoms with Crippen LogP contribution in [0.2, 0.25) is 0 Å². The van der Waals surface area contributed by atoms with Crippen molar-refractivity contribution in [1.82, 2.24) is 0 Å². The maximum absolute atomic E-state index is 10.8. The summed E-state index contributed by atoms with van der Waals surface area (Å²) in [4.78, 5) is 5.08. The Morgan fingerprint density at radius 2 is 1.03 bits per heavy atom. The van der Waals surface area contributed by atoms with Crippen molar-refractivity contribution >= 4 is 11.4 Å². The number of aryl methyl sites for hydroxylation is 2. The third-order valence-corrected chi connectivity index (χ3v) is 7.69. The van der Waals surface area contributed by atoms with Gasteiger partial charge < -0.3 is 14.9 Å². The average Bonchev–Trinajstić information content (AvgIpc) is 3.34. The first-order valence-corrected chi connectivity index (χ1v) is 13.2. The minimum atomic E-state index is 0.0598. The summed E-state index contributed by atoms with van der Waals surface area (Å²) < 4.78 is 0. The zero-order chi connectivity index (χ0) is 26.1. The maximum Gasteiger partial charge on any atom is 0.123 e. The molecule has 0 aliphatic carbocycles. The van der Waals surface area contributed by atoms with Crippen molar-refractivity contribution in [2.45, 2.75) is 25.9 Å². The number of phenols is 1. The minimum Gasteiger partial charge on any atom is -0.507 e. The summed E-state index contributed by atoms with van der Waals surface area (Å²) >= 11 is 0. The van der Waals surface area contributed by atoms with Crippen LogP contribution in [0.25, 0.3) is 11.1 Å². The van der Waals surface area contributed by atoms with Crippen LogP contribution < -0.4 is 9.80 Å². The molecule has 0 saturated carbocycles. The van der Waals surface area contributed by atoms with Gasteiger partial charge in [0.05, 0.1) is 18.8 Å². The summed E-state index contributed by atoms with van der Waals surface area (Å²) in [6.45, 7) is 5.14. The Labute approximate surface area is 225 Å². The van der Waals surface area contributed by atoms with Crippen molar-refractivity contribution in [2.24, 2.45) is 0 Å². The molecule has 188 valence electrons. The molecule has 0 aromatic heterocycles. The zero-order valence-electron chi connectivity index (χ0n) is 21.8. The van der Waals surface area contributed by atoms with E-state index in [1.54, 1.807) is 6.07 Å². The molecule has 0 unspecified atom stereocenters. The first-order chi connectivity index (χ1) is 18.6. The van der Waals surface area contributed by atoms with E-state index in [0.717, 1.165) is 23.5 Å². The number of hydrogen-bond donors (Lipinski definition) is 1. The molecule has 3 nitrogen and oxygen atoms in total. The lowest BCUT2D eigenvalue weighted by atomic mass is 9.91. The van der Waals surface area contributed by atoms with Crippen LogP contribution in [-0.2, 0) is 0 Å². The molecule has 1 aliphatic rings. The van der Waals surface area contributed by atoms with Crippen LogP contribution in [0.1, 0.15) is 34.3 Å². The summed E-state index contributed by atoms with van der Waals surface area (Å²) in [6.07, 6.45) is 0. The fraction of sp³-hybridized carbons (Fsp3) is 0.143. The molecule has 38 heavy (non-hydrogen) atoms. The number of nitrogens with zero attached hydrogens (tertiary/aromatic N) is 2. The summed E-state index contributed by atoms with van der Waals surface area (Å²) in [7, 11) is 0. The summed E-state index contributed by atoms with van der Waals surface area (Å²) in [5.41, 5.74) is 9.36. The number of benzene rings is 5. The van der Waals surface area contributed by atoms with E-state index < -0.39 is 0 Å². The smallest absolute Gasteiger partial charge is 0.123 e. The van der Waals surface area contributed by atoms with Gasteiger partial charge in [-0.05, 0) is 48.2 Å². The number of anilines is 2. The number of aromatic hydroxyl groups is 1. The Kier molecular flexibility index (Phi) is 6.35. The molecule has 1 aliphatic heterocycles. The highest BCUT2D eigenvalue weighted by Crippen LogP contribution is 2.51. The maximum atomic E-state index is 10.8. The molecule has 0 spiro atoms. The lowest BCUT2D eigenvalue weighted by Gasteiger charge is -2.32. The summed E-state index contributed by atoms with van der Waals surface area (Å²) in [6, 6.07) is 44.5. The third-order valence-electron chi connectivity index (χ3n) is 7.69. The molecule has 1 heterocycles. The third kappa shape index (κ3) is 4.20. The molecular weight excluding hydrogens is 464 g/mol. The van der Waals surface area contributed by atoms with Gasteiger partial charge in [-0.25, -0.2) is 0 Å². The van der Waals surface area contributed by atoms with E-state index >= 15 is 0 Å². The van der Waals surface area contributed by atoms with Gasteiger partial charge in [0.2, 0.25) is 0 Å². The molecule has 5 aromatic carbocycles. The zero-order valence-corrected chi connectivity index (χ0v) is 21.8. The fourth-order valence-electron chi connectivity index (χ4n) is 6.05. The van der Waals surface area contributed by atoms with Crippen LogP contribution in [0.3, 0.4) is 0 Å². The van der Waals surface area contributed by atoms with Crippen molar-refractivity contribution in [1.29, 1.82) is 0 Å². The van der Waals surface area contributed by atoms with E-state index in [2.05, 4.69) is 127 Å². The van der Waals surface area contributed by atoms with Crippen molar-refractivity contribution in [3.05, 3.63) is 150 Å². The second-order valence-electron chi connectivity index (χ2n) is 10.1. The first-order valence-electron chi connectivity index (χ1n) is 13.2. The molecule has 0 bridgehead atoms. The number of para-hydroxylation sites is 3. The van der Waals surface area contributed by atoms with Gasteiger partial charge in [-0.3, -0.25) is 0 Å². The van der Waals surface area contributed by atoms with E-state index in [9.17, 15) is 5.11 Å². The Morgan fingerprint density at radius 3 is 1.63 bits per heavy atom. The van der Waals surface area contributed by atoms with E-state index in [4.69, 9.17) is 0 Å². The van der Waals surface area contributed by atoms with Gasteiger partial charge in [0.15, 0.2) is 0 Å². The molecule has 1 fully saturated rings. The molecular formula is C35H32N2O. The van der Waals surface area contributed by atoms with Crippen molar-refractivity contribution in [3.63, 3.8) is 0 Å². The molecule has 1 saturated heterocycles. The topological polar surface area (TPSA) is 26.7 Å². The minimum absolute atomic E-state index is 0.0598. The highest BCUT2D eigenvalue weighted by atomic mass is 16.3. The summed E-state index contributed by atoms with van der Waals surface area (Å²) in [5, 5.41) is 10.8. The van der Waals surface area contributed by atoms with Crippen LogP contribution in [-0.4, -0.2) is 11.8 Å². The highest BCUT2D eigenvalue weighted by Gasteiger charge is 2.43. The quantitative estimate of drug-likeness (QED) is 0.264. The van der Waals surface area contributed by atoms with Gasteiger partial charge in [-0.15, -0.1) is 0 Å². The standard InChI is InChI=1S/C35H32N2O/c1-25-14-13-15-26(2)33(25)37-24-36(31-22-11-9-20-29(31)30-21-10-12-23-32(30)38)34(27-16-5-3-6-17-27)35(37)28-18-7-4-8-19-28/h3-23,34-35,38H,24H2,1-2H3/t34-,35-/m0/s1. The van der Waals surface area contributed by atoms with Crippen LogP contribution in [0.4, 0.5) is 11.4 Å². The van der Waals surface area contributed by atoms with Gasteiger partial charge >= 0.3 is 0 Å². The molecule has 0 radical (unpaired) electrons. The Hall–Kier alpha value is -4.50. The lowest BCUT2D eigenvalue weighted by molar-refractivity contribution is 0.477. The van der Waals surface area contributed by atoms with Gasteiger partial charge in [-0.2, -0.15) is 0 Å². The van der Waals surface area contributed by atoms with E-state index in [1.807, 2.05) is 18.2 Å². The second kappa shape index (κ2) is 10.1. The van der Waals surface area contributed by atoms with Gasteiger partial charge in [0.25, 0.3) is 0 Å². The molecule has 6 rings (SSSR count). The van der Waals surface area contributed by atoms with Crippen LogP contribution >= 0.6 is 0 Å². The van der Waals surface area contributed by atoms with Crippen molar-refractivity contribution in [2.75, 3.05) is 16.5 Å². The monoisotopic (exact) mass is 496 g/mol. The SMILES string of the molecule is Cc1cccc(C)c1N1CN(c2ccccc2-c2ccccc2O)[C@@H](c2ccccc2)[C@@H]1c1ccccc1. The van der Waals surface area contributed by atoms with E-state index in [0.29, 0.717) is 5.75 Å². The van der Waals surface area contributed by atoms with Crippen molar-refractivity contribution < 1.29 is 5.11 Å². The Bertz CT molecular complexity index is 1530. The number of rotatable bonds is 5. The number of hydrogen-bond acceptors (Lipinski definition) is 3. The van der Waals surface area contributed by atoms with Gasteiger partial charge in [0, 0.05) is 22.5 Å². The Morgan fingerprint density at radius 1 is 0.526 bits per heavy atom. The normalized spacial score (nSPS) is 17.1. The molecule has 2 atom stereocenters. The largest absolute Gasteiger partial charge is 0.507 e. The first kappa shape index (κ1) is 23.9. The predicted molar refractivity (Wildman–Crippen MR) is 158 cm³/mol. The van der Waals surface area contributed by atoms with Crippen molar-refractivity contribution in [3.8, 4) is 16.9 Å². The summed E-state index contributed by atoms with van der Waals surface area (Å²) in [5.74, 6) is 0.293.